The highest BCUT2D eigenvalue weighted by molar-refractivity contribution is 5.76. The van der Waals surface area contributed by atoms with Crippen molar-refractivity contribution in [1.29, 1.82) is 0 Å². The summed E-state index contributed by atoms with van der Waals surface area (Å²) < 4.78 is 0. The van der Waals surface area contributed by atoms with Gasteiger partial charge in [-0.25, -0.2) is 0 Å². The largest absolute Gasteiger partial charge is 0.356 e. The Labute approximate surface area is 110 Å². The fourth-order valence-electron chi connectivity index (χ4n) is 1.33. The molecule has 0 aromatic heterocycles. The molecule has 0 saturated carbocycles. The minimum Gasteiger partial charge on any atom is -0.356 e. The van der Waals surface area contributed by atoms with Crippen LogP contribution in [0, 0.1) is 5.92 Å². The second-order valence-electron chi connectivity index (χ2n) is 5.17. The molecule has 18 heavy (non-hydrogen) atoms. The van der Waals surface area contributed by atoms with Crippen molar-refractivity contribution in [2.75, 3.05) is 19.6 Å². The van der Waals surface area contributed by atoms with Gasteiger partial charge in [-0.05, 0) is 19.8 Å². The first kappa shape index (κ1) is 16.9. The molecule has 0 rings (SSSR count). The fourth-order valence-corrected chi connectivity index (χ4v) is 1.33. The lowest BCUT2D eigenvalue weighted by Crippen LogP contribution is -2.34. The van der Waals surface area contributed by atoms with Gasteiger partial charge in [0.2, 0.25) is 11.8 Å². The maximum absolute atomic E-state index is 11.4. The van der Waals surface area contributed by atoms with Crippen LogP contribution in [0.4, 0.5) is 0 Å². The maximum atomic E-state index is 11.4. The lowest BCUT2D eigenvalue weighted by molar-refractivity contribution is -0.121. The second kappa shape index (κ2) is 9.88. The van der Waals surface area contributed by atoms with Gasteiger partial charge in [0.05, 0.1) is 0 Å². The van der Waals surface area contributed by atoms with Crippen molar-refractivity contribution in [3.05, 3.63) is 0 Å². The summed E-state index contributed by atoms with van der Waals surface area (Å²) >= 11 is 0. The van der Waals surface area contributed by atoms with Crippen LogP contribution in [-0.2, 0) is 9.59 Å². The molecule has 0 fully saturated rings. The van der Waals surface area contributed by atoms with Gasteiger partial charge in [-0.3, -0.25) is 9.59 Å². The number of nitrogens with one attached hydrogen (secondary N) is 3. The second-order valence-corrected chi connectivity index (χ2v) is 5.17. The van der Waals surface area contributed by atoms with Gasteiger partial charge >= 0.3 is 0 Å². The monoisotopic (exact) mass is 257 g/mol. The number of rotatable bonds is 9. The van der Waals surface area contributed by atoms with Crippen molar-refractivity contribution in [3.63, 3.8) is 0 Å². The Balaban J connectivity index is 3.40. The van der Waals surface area contributed by atoms with Crippen LogP contribution in [0.3, 0.4) is 0 Å². The van der Waals surface area contributed by atoms with E-state index >= 15 is 0 Å². The predicted octanol–water partition coefficient (Wildman–Crippen LogP) is 0.653. The molecule has 0 saturated heterocycles. The van der Waals surface area contributed by atoms with E-state index in [2.05, 4.69) is 29.8 Å². The summed E-state index contributed by atoms with van der Waals surface area (Å²) in [6.45, 7) is 9.93. The van der Waals surface area contributed by atoms with E-state index in [1.807, 2.05) is 13.8 Å². The van der Waals surface area contributed by atoms with Gasteiger partial charge in [-0.1, -0.05) is 13.8 Å². The topological polar surface area (TPSA) is 70.2 Å². The van der Waals surface area contributed by atoms with Gasteiger partial charge in [0.15, 0.2) is 0 Å². The number of carbonyl (C=O) groups is 2. The minimum atomic E-state index is 0.0433. The van der Waals surface area contributed by atoms with E-state index in [4.69, 9.17) is 0 Å². The molecule has 0 bridgehead atoms. The Hall–Kier alpha value is -1.10. The Morgan fingerprint density at radius 3 is 2.00 bits per heavy atom. The zero-order valence-electron chi connectivity index (χ0n) is 12.0. The third-order valence-electron chi connectivity index (χ3n) is 2.21. The van der Waals surface area contributed by atoms with Crippen LogP contribution in [0.2, 0.25) is 0 Å². The first-order chi connectivity index (χ1) is 8.41. The van der Waals surface area contributed by atoms with Crippen molar-refractivity contribution < 1.29 is 9.59 Å². The van der Waals surface area contributed by atoms with Gasteiger partial charge in [0.25, 0.3) is 0 Å². The van der Waals surface area contributed by atoms with Crippen molar-refractivity contribution >= 4 is 11.8 Å². The van der Waals surface area contributed by atoms with E-state index in [0.717, 1.165) is 6.54 Å². The summed E-state index contributed by atoms with van der Waals surface area (Å²) in [5, 5.41) is 8.75. The van der Waals surface area contributed by atoms with Gasteiger partial charge in [0, 0.05) is 38.5 Å². The van der Waals surface area contributed by atoms with E-state index < -0.39 is 0 Å². The number of amides is 2. The van der Waals surface area contributed by atoms with E-state index in [1.54, 1.807) is 0 Å². The molecule has 0 radical (unpaired) electrons. The summed E-state index contributed by atoms with van der Waals surface area (Å²) in [4.78, 5) is 22.7. The van der Waals surface area contributed by atoms with Crippen molar-refractivity contribution in [2.24, 2.45) is 5.92 Å². The minimum absolute atomic E-state index is 0.0433. The van der Waals surface area contributed by atoms with E-state index in [0.29, 0.717) is 31.8 Å². The van der Waals surface area contributed by atoms with Crippen molar-refractivity contribution in [1.82, 2.24) is 16.0 Å². The SMILES string of the molecule is CC(C)CNC(=O)CCNCCC(=O)NC(C)C. The molecule has 2 amide bonds. The zero-order chi connectivity index (χ0) is 14.0. The number of carbonyl (C=O) groups excluding carboxylic acids is 2. The summed E-state index contributed by atoms with van der Waals surface area (Å²) in [7, 11) is 0. The highest BCUT2D eigenvalue weighted by atomic mass is 16.2. The lowest BCUT2D eigenvalue weighted by Gasteiger charge is -2.09. The molecule has 0 aliphatic rings. The first-order valence-corrected chi connectivity index (χ1v) is 6.68. The van der Waals surface area contributed by atoms with Crippen LogP contribution >= 0.6 is 0 Å². The van der Waals surface area contributed by atoms with E-state index in [-0.39, 0.29) is 17.9 Å². The molecule has 0 atom stereocenters. The summed E-state index contributed by atoms with van der Waals surface area (Å²) in [6, 6.07) is 0.180. The molecule has 0 unspecified atom stereocenters. The van der Waals surface area contributed by atoms with Crippen LogP contribution in [-0.4, -0.2) is 37.5 Å². The molecule has 106 valence electrons. The maximum Gasteiger partial charge on any atom is 0.221 e. The molecule has 5 nitrogen and oxygen atoms in total. The molecular weight excluding hydrogens is 230 g/mol. The molecule has 3 N–H and O–H groups in total. The van der Waals surface area contributed by atoms with Crippen LogP contribution in [0.5, 0.6) is 0 Å². The first-order valence-electron chi connectivity index (χ1n) is 6.68. The third-order valence-corrected chi connectivity index (χ3v) is 2.21. The molecule has 0 spiro atoms. The Kier molecular flexibility index (Phi) is 9.28. The van der Waals surface area contributed by atoms with Crippen molar-refractivity contribution in [3.8, 4) is 0 Å². The predicted molar refractivity (Wildman–Crippen MR) is 73.2 cm³/mol. The average molecular weight is 257 g/mol. The van der Waals surface area contributed by atoms with Crippen LogP contribution in [0.25, 0.3) is 0 Å². The molecule has 0 aliphatic heterocycles. The molecular formula is C13H27N3O2. The molecule has 0 aliphatic carbocycles. The molecule has 0 heterocycles. The van der Waals surface area contributed by atoms with Gasteiger partial charge < -0.3 is 16.0 Å². The standard InChI is InChI=1S/C13H27N3O2/c1-10(2)9-15-12(17)5-7-14-8-6-13(18)16-11(3)4/h10-11,14H,5-9H2,1-4H3,(H,15,17)(H,16,18). The van der Waals surface area contributed by atoms with E-state index in [9.17, 15) is 9.59 Å². The Bertz CT molecular complexity index is 253. The normalized spacial score (nSPS) is 10.8. The molecule has 0 aromatic rings. The average Bonchev–Trinajstić information content (AvgIpc) is 2.24. The summed E-state index contributed by atoms with van der Waals surface area (Å²) in [5.41, 5.74) is 0. The molecule has 0 aromatic carbocycles. The quantitative estimate of drug-likeness (QED) is 0.531. The fraction of sp³-hybridized carbons (Fsp3) is 0.846. The van der Waals surface area contributed by atoms with Crippen LogP contribution in [0.15, 0.2) is 0 Å². The molecule has 5 heteroatoms. The van der Waals surface area contributed by atoms with Gasteiger partial charge in [0.1, 0.15) is 0 Å². The summed E-state index contributed by atoms with van der Waals surface area (Å²) in [6.07, 6.45) is 0.907. The smallest absolute Gasteiger partial charge is 0.221 e. The Morgan fingerprint density at radius 1 is 0.944 bits per heavy atom. The van der Waals surface area contributed by atoms with Crippen LogP contribution < -0.4 is 16.0 Å². The van der Waals surface area contributed by atoms with E-state index in [1.165, 1.54) is 0 Å². The van der Waals surface area contributed by atoms with Gasteiger partial charge in [-0.15, -0.1) is 0 Å². The van der Waals surface area contributed by atoms with Gasteiger partial charge in [-0.2, -0.15) is 0 Å². The Morgan fingerprint density at radius 2 is 1.50 bits per heavy atom. The third kappa shape index (κ3) is 11.4. The lowest BCUT2D eigenvalue weighted by atomic mass is 10.2. The number of hydrogen-bond donors (Lipinski definition) is 3. The van der Waals surface area contributed by atoms with Crippen molar-refractivity contribution in [2.45, 2.75) is 46.6 Å². The highest BCUT2D eigenvalue weighted by Gasteiger charge is 2.04. The zero-order valence-corrected chi connectivity index (χ0v) is 12.0. The summed E-state index contributed by atoms with van der Waals surface area (Å²) in [5.74, 6) is 0.575. The van der Waals surface area contributed by atoms with Crippen LogP contribution in [0.1, 0.15) is 40.5 Å². The highest BCUT2D eigenvalue weighted by Crippen LogP contribution is 1.88. The number of hydrogen-bond acceptors (Lipinski definition) is 3.